The summed E-state index contributed by atoms with van der Waals surface area (Å²) < 4.78 is 8.02. The number of hydrogen-bond donors (Lipinski definition) is 0. The molecule has 0 fully saturated rings. The van der Waals surface area contributed by atoms with Gasteiger partial charge in [-0.2, -0.15) is 10.1 Å². The van der Waals surface area contributed by atoms with Crippen molar-refractivity contribution in [3.05, 3.63) is 82.0 Å². The smallest absolute Gasteiger partial charge is 0.215 e. The Labute approximate surface area is 172 Å². The molecule has 0 atom stereocenters. The Balaban J connectivity index is 1.72. The van der Waals surface area contributed by atoms with Gasteiger partial charge in [0.1, 0.15) is 6.61 Å². The van der Waals surface area contributed by atoms with Crippen molar-refractivity contribution in [2.24, 2.45) is 0 Å². The average molecular weight is 386 g/mol. The summed E-state index contributed by atoms with van der Waals surface area (Å²) in [7, 11) is 0. The van der Waals surface area contributed by atoms with Gasteiger partial charge in [0.05, 0.1) is 11.4 Å². The number of aromatic nitrogens is 3. The summed E-state index contributed by atoms with van der Waals surface area (Å²) in [6.45, 7) is 11.0. The van der Waals surface area contributed by atoms with Gasteiger partial charge in [0.25, 0.3) is 0 Å². The van der Waals surface area contributed by atoms with Crippen LogP contribution in [-0.2, 0) is 13.0 Å². The molecule has 4 nitrogen and oxygen atoms in total. The first-order chi connectivity index (χ1) is 14.0. The molecule has 0 amide bonds. The van der Waals surface area contributed by atoms with Crippen LogP contribution in [0.5, 0.6) is 5.88 Å². The standard InChI is InChI=1S/C25H27N3O/c1-6-20-9-11-22(12-10-20)28-25-24(19(5)27-28)18(4)14-23(26-25)29-15-21-13-16(2)7-8-17(21)3/h7-14H,6,15H2,1-5H3. The summed E-state index contributed by atoms with van der Waals surface area (Å²) in [5.74, 6) is 0.627. The van der Waals surface area contributed by atoms with Crippen LogP contribution in [0.4, 0.5) is 0 Å². The van der Waals surface area contributed by atoms with Gasteiger partial charge >= 0.3 is 0 Å². The third kappa shape index (κ3) is 3.75. The molecule has 2 aromatic carbocycles. The summed E-state index contributed by atoms with van der Waals surface area (Å²) in [5.41, 5.74) is 8.91. The largest absolute Gasteiger partial charge is 0.473 e. The van der Waals surface area contributed by atoms with Crippen molar-refractivity contribution in [3.8, 4) is 11.6 Å². The summed E-state index contributed by atoms with van der Waals surface area (Å²) >= 11 is 0. The van der Waals surface area contributed by atoms with E-state index in [-0.39, 0.29) is 0 Å². The number of hydrogen-bond acceptors (Lipinski definition) is 3. The maximum Gasteiger partial charge on any atom is 0.215 e. The fraction of sp³-hybridized carbons (Fsp3) is 0.280. The van der Waals surface area contributed by atoms with Gasteiger partial charge in [0.15, 0.2) is 5.65 Å². The van der Waals surface area contributed by atoms with Crippen molar-refractivity contribution >= 4 is 11.0 Å². The number of nitrogens with zero attached hydrogens (tertiary/aromatic N) is 3. The third-order valence-corrected chi connectivity index (χ3v) is 5.46. The fourth-order valence-corrected chi connectivity index (χ4v) is 3.71. The van der Waals surface area contributed by atoms with E-state index in [0.717, 1.165) is 34.4 Å². The number of pyridine rings is 1. The van der Waals surface area contributed by atoms with Crippen molar-refractivity contribution in [1.82, 2.24) is 14.8 Å². The number of fused-ring (bicyclic) bond motifs is 1. The number of ether oxygens (including phenoxy) is 1. The first-order valence-electron chi connectivity index (χ1n) is 10.1. The molecule has 0 aliphatic rings. The van der Waals surface area contributed by atoms with Crippen molar-refractivity contribution in [1.29, 1.82) is 0 Å². The van der Waals surface area contributed by atoms with Gasteiger partial charge in [0, 0.05) is 11.5 Å². The van der Waals surface area contributed by atoms with E-state index < -0.39 is 0 Å². The highest BCUT2D eigenvalue weighted by molar-refractivity contribution is 5.84. The maximum absolute atomic E-state index is 6.10. The number of benzene rings is 2. The Bertz CT molecular complexity index is 1170. The lowest BCUT2D eigenvalue weighted by Crippen LogP contribution is -2.02. The highest BCUT2D eigenvalue weighted by Crippen LogP contribution is 2.27. The molecule has 0 bridgehead atoms. The van der Waals surface area contributed by atoms with Gasteiger partial charge < -0.3 is 4.74 Å². The molecule has 29 heavy (non-hydrogen) atoms. The molecule has 4 aromatic rings. The van der Waals surface area contributed by atoms with Crippen molar-refractivity contribution in [2.75, 3.05) is 0 Å². The summed E-state index contributed by atoms with van der Waals surface area (Å²) in [6, 6.07) is 16.9. The van der Waals surface area contributed by atoms with Gasteiger partial charge in [0.2, 0.25) is 5.88 Å². The highest BCUT2D eigenvalue weighted by atomic mass is 16.5. The lowest BCUT2D eigenvalue weighted by Gasteiger charge is -2.11. The van der Waals surface area contributed by atoms with E-state index >= 15 is 0 Å². The zero-order valence-corrected chi connectivity index (χ0v) is 17.8. The van der Waals surface area contributed by atoms with Gasteiger partial charge in [-0.15, -0.1) is 0 Å². The van der Waals surface area contributed by atoms with Crippen LogP contribution >= 0.6 is 0 Å². The van der Waals surface area contributed by atoms with Crippen molar-refractivity contribution < 1.29 is 4.74 Å². The van der Waals surface area contributed by atoms with E-state index in [4.69, 9.17) is 14.8 Å². The molecule has 2 heterocycles. The zero-order chi connectivity index (χ0) is 20.5. The second-order valence-corrected chi connectivity index (χ2v) is 7.71. The van der Waals surface area contributed by atoms with Crippen LogP contribution in [0.25, 0.3) is 16.7 Å². The average Bonchev–Trinajstić information content (AvgIpc) is 3.05. The van der Waals surface area contributed by atoms with Crippen LogP contribution in [0, 0.1) is 27.7 Å². The van der Waals surface area contributed by atoms with Crippen LogP contribution in [0.1, 0.15) is 40.4 Å². The summed E-state index contributed by atoms with van der Waals surface area (Å²) in [4.78, 5) is 4.82. The Hall–Kier alpha value is -3.14. The second kappa shape index (κ2) is 7.70. The van der Waals surface area contributed by atoms with E-state index in [2.05, 4.69) is 70.2 Å². The van der Waals surface area contributed by atoms with E-state index in [1.165, 1.54) is 22.3 Å². The van der Waals surface area contributed by atoms with Crippen LogP contribution in [0.2, 0.25) is 0 Å². The predicted molar refractivity (Wildman–Crippen MR) is 118 cm³/mol. The Morgan fingerprint density at radius 1 is 0.897 bits per heavy atom. The monoisotopic (exact) mass is 385 g/mol. The molecule has 2 aromatic heterocycles. The quantitative estimate of drug-likeness (QED) is 0.436. The van der Waals surface area contributed by atoms with Crippen LogP contribution in [0.15, 0.2) is 48.5 Å². The summed E-state index contributed by atoms with van der Waals surface area (Å²) in [5, 5.41) is 5.85. The minimum atomic E-state index is 0.504. The van der Waals surface area contributed by atoms with E-state index in [1.807, 2.05) is 17.7 Å². The molecule has 4 heteroatoms. The van der Waals surface area contributed by atoms with Gasteiger partial charge in [-0.05, 0) is 68.5 Å². The second-order valence-electron chi connectivity index (χ2n) is 7.71. The molecule has 0 aliphatic carbocycles. The number of aryl methyl sites for hydroxylation is 5. The number of rotatable bonds is 5. The predicted octanol–water partition coefficient (Wildman–Crippen LogP) is 5.80. The minimum absolute atomic E-state index is 0.504. The Morgan fingerprint density at radius 3 is 2.38 bits per heavy atom. The normalized spacial score (nSPS) is 11.2. The molecule has 0 saturated carbocycles. The molecule has 0 N–H and O–H groups in total. The van der Waals surface area contributed by atoms with Gasteiger partial charge in [-0.3, -0.25) is 0 Å². The first-order valence-corrected chi connectivity index (χ1v) is 10.1. The SMILES string of the molecule is CCc1ccc(-n2nc(C)c3c(C)cc(OCc4cc(C)ccc4C)nc32)cc1. The lowest BCUT2D eigenvalue weighted by molar-refractivity contribution is 0.294. The lowest BCUT2D eigenvalue weighted by atomic mass is 10.1. The van der Waals surface area contributed by atoms with Gasteiger partial charge in [-0.1, -0.05) is 42.8 Å². The molecule has 0 spiro atoms. The van der Waals surface area contributed by atoms with Crippen LogP contribution in [0.3, 0.4) is 0 Å². The molecule has 0 saturated heterocycles. The first kappa shape index (κ1) is 19.2. The fourth-order valence-electron chi connectivity index (χ4n) is 3.71. The highest BCUT2D eigenvalue weighted by Gasteiger charge is 2.15. The summed E-state index contributed by atoms with van der Waals surface area (Å²) in [6.07, 6.45) is 1.02. The molecular weight excluding hydrogens is 358 g/mol. The van der Waals surface area contributed by atoms with E-state index in [9.17, 15) is 0 Å². The molecular formula is C25H27N3O. The van der Waals surface area contributed by atoms with Crippen LogP contribution < -0.4 is 4.74 Å². The molecule has 0 unspecified atom stereocenters. The van der Waals surface area contributed by atoms with Crippen molar-refractivity contribution in [2.45, 2.75) is 47.6 Å². The Kier molecular flexibility index (Phi) is 5.10. The van der Waals surface area contributed by atoms with Gasteiger partial charge in [-0.25, -0.2) is 4.68 Å². The van der Waals surface area contributed by atoms with E-state index in [0.29, 0.717) is 12.5 Å². The topological polar surface area (TPSA) is 39.9 Å². The zero-order valence-electron chi connectivity index (χ0n) is 17.8. The molecule has 0 aliphatic heterocycles. The molecule has 148 valence electrons. The third-order valence-electron chi connectivity index (χ3n) is 5.46. The molecule has 4 rings (SSSR count). The van der Waals surface area contributed by atoms with Crippen molar-refractivity contribution in [3.63, 3.8) is 0 Å². The maximum atomic E-state index is 6.10. The Morgan fingerprint density at radius 2 is 1.66 bits per heavy atom. The van der Waals surface area contributed by atoms with E-state index in [1.54, 1.807) is 0 Å². The minimum Gasteiger partial charge on any atom is -0.473 e. The van der Waals surface area contributed by atoms with Crippen LogP contribution in [-0.4, -0.2) is 14.8 Å². The molecule has 0 radical (unpaired) electrons.